The Bertz CT molecular complexity index is 976. The van der Waals surface area contributed by atoms with Crippen LogP contribution in [0.2, 0.25) is 5.02 Å². The number of fused-ring (bicyclic) bond motifs is 1. The minimum Gasteiger partial charge on any atom is -0.454 e. The number of aromatic amines is 2. The molecule has 7 nitrogen and oxygen atoms in total. The molecule has 0 bridgehead atoms. The summed E-state index contributed by atoms with van der Waals surface area (Å²) in [5.74, 6) is 1.29. The van der Waals surface area contributed by atoms with E-state index in [0.717, 1.165) is 5.56 Å². The molecule has 1 aliphatic heterocycles. The van der Waals surface area contributed by atoms with Gasteiger partial charge in [-0.1, -0.05) is 11.6 Å². The Balaban J connectivity index is 1.71. The van der Waals surface area contributed by atoms with Crippen LogP contribution in [0.4, 0.5) is 11.4 Å². The summed E-state index contributed by atoms with van der Waals surface area (Å²) < 4.78 is 10.6. The average Bonchev–Trinajstić information content (AvgIpc) is 3.20. The van der Waals surface area contributed by atoms with Crippen LogP contribution in [-0.2, 0) is 0 Å². The Hall–Kier alpha value is -3.06. The van der Waals surface area contributed by atoms with Crippen LogP contribution >= 0.6 is 11.6 Å². The summed E-state index contributed by atoms with van der Waals surface area (Å²) >= 11 is 5.83. The summed E-state index contributed by atoms with van der Waals surface area (Å²) in [5.41, 5.74) is 1.68. The van der Waals surface area contributed by atoms with Gasteiger partial charge in [-0.3, -0.25) is 15.0 Å². The van der Waals surface area contributed by atoms with Crippen LogP contribution in [-0.4, -0.2) is 17.0 Å². The smallest absolute Gasteiger partial charge is 0.292 e. The first-order chi connectivity index (χ1) is 11.7. The van der Waals surface area contributed by atoms with Gasteiger partial charge in [0.1, 0.15) is 0 Å². The Morgan fingerprint density at radius 3 is 2.58 bits per heavy atom. The number of nitrogens with zero attached hydrogens (tertiary/aromatic N) is 2. The first-order valence-electron chi connectivity index (χ1n) is 7.09. The van der Waals surface area contributed by atoms with Gasteiger partial charge in [0.25, 0.3) is 5.56 Å². The van der Waals surface area contributed by atoms with E-state index in [2.05, 4.69) is 20.4 Å². The molecule has 0 saturated carbocycles. The lowest BCUT2D eigenvalue weighted by molar-refractivity contribution is 0.174. The molecule has 1 aromatic heterocycles. The van der Waals surface area contributed by atoms with Gasteiger partial charge in [0.2, 0.25) is 6.79 Å². The molecule has 0 amide bonds. The monoisotopic (exact) mass is 342 g/mol. The second kappa shape index (κ2) is 5.86. The Morgan fingerprint density at radius 1 is 0.958 bits per heavy atom. The molecule has 0 fully saturated rings. The van der Waals surface area contributed by atoms with Crippen LogP contribution in [0.5, 0.6) is 11.5 Å². The van der Waals surface area contributed by atoms with E-state index in [9.17, 15) is 4.79 Å². The summed E-state index contributed by atoms with van der Waals surface area (Å²) in [4.78, 5) is 12.0. The van der Waals surface area contributed by atoms with Gasteiger partial charge in [-0.2, -0.15) is 5.11 Å². The van der Waals surface area contributed by atoms with Crippen LogP contribution < -0.4 is 15.0 Å². The zero-order valence-corrected chi connectivity index (χ0v) is 13.0. The number of benzene rings is 2. The summed E-state index contributed by atoms with van der Waals surface area (Å²) in [6.07, 6.45) is 0. The lowest BCUT2D eigenvalue weighted by Crippen LogP contribution is -1.96. The molecular formula is C16H11ClN4O3. The zero-order chi connectivity index (χ0) is 16.5. The fourth-order valence-electron chi connectivity index (χ4n) is 2.32. The number of azo groups is 1. The number of nitrogens with one attached hydrogen (secondary N) is 2. The maximum Gasteiger partial charge on any atom is 0.292 e. The van der Waals surface area contributed by atoms with Crippen molar-refractivity contribution in [2.75, 3.05) is 6.79 Å². The standard InChI is InChI=1S/C16H11ClN4O3/c17-10-2-4-11(5-3-10)18-20-15-14(19-21-16(15)22)9-1-6-12-13(7-9)24-8-23-12/h1-7H,8H2,(H2,19,21,22). The summed E-state index contributed by atoms with van der Waals surface area (Å²) in [6, 6.07) is 12.2. The second-order valence-corrected chi connectivity index (χ2v) is 5.48. The molecule has 3 aromatic rings. The van der Waals surface area contributed by atoms with Gasteiger partial charge >= 0.3 is 0 Å². The van der Waals surface area contributed by atoms with Gasteiger partial charge in [0.15, 0.2) is 17.2 Å². The van der Waals surface area contributed by atoms with Crippen LogP contribution in [0.1, 0.15) is 0 Å². The number of aromatic nitrogens is 2. The number of hydrogen-bond acceptors (Lipinski definition) is 5. The first kappa shape index (κ1) is 14.5. The number of H-pyrrole nitrogens is 2. The van der Waals surface area contributed by atoms with Crippen molar-refractivity contribution in [3.8, 4) is 22.8 Å². The molecule has 2 heterocycles. The van der Waals surface area contributed by atoms with Gasteiger partial charge in [0, 0.05) is 10.6 Å². The van der Waals surface area contributed by atoms with Gasteiger partial charge in [-0.15, -0.1) is 5.11 Å². The van der Waals surface area contributed by atoms with Crippen LogP contribution in [0.3, 0.4) is 0 Å². The lowest BCUT2D eigenvalue weighted by atomic mass is 10.1. The van der Waals surface area contributed by atoms with E-state index in [0.29, 0.717) is 27.9 Å². The molecule has 0 aliphatic carbocycles. The van der Waals surface area contributed by atoms with Crippen molar-refractivity contribution in [3.05, 3.63) is 57.8 Å². The lowest BCUT2D eigenvalue weighted by Gasteiger charge is -2.01. The predicted octanol–water partition coefficient (Wildman–Crippen LogP) is 4.17. The maximum atomic E-state index is 12.0. The van der Waals surface area contributed by atoms with Gasteiger partial charge in [0.05, 0.1) is 11.4 Å². The molecule has 0 spiro atoms. The fraction of sp³-hybridized carbons (Fsp3) is 0.0625. The highest BCUT2D eigenvalue weighted by Gasteiger charge is 2.17. The van der Waals surface area contributed by atoms with Gasteiger partial charge in [-0.05, 0) is 42.5 Å². The number of ether oxygens (including phenoxy) is 2. The van der Waals surface area contributed by atoms with E-state index >= 15 is 0 Å². The molecule has 4 rings (SSSR count). The van der Waals surface area contributed by atoms with Crippen LogP contribution in [0.25, 0.3) is 11.3 Å². The molecule has 0 radical (unpaired) electrons. The fourth-order valence-corrected chi connectivity index (χ4v) is 2.45. The topological polar surface area (TPSA) is 91.8 Å². The number of halogens is 1. The minimum absolute atomic E-state index is 0.184. The zero-order valence-electron chi connectivity index (χ0n) is 12.2. The predicted molar refractivity (Wildman–Crippen MR) is 88.6 cm³/mol. The quantitative estimate of drug-likeness (QED) is 0.700. The SMILES string of the molecule is O=c1[nH][nH]c(-c2ccc3c(c2)OCO3)c1N=Nc1ccc(Cl)cc1. The average molecular weight is 343 g/mol. The van der Waals surface area contributed by atoms with Crippen molar-refractivity contribution in [2.24, 2.45) is 10.2 Å². The molecule has 0 saturated heterocycles. The third-order valence-electron chi connectivity index (χ3n) is 3.51. The Kier molecular flexibility index (Phi) is 3.55. The Labute approximate surface area is 140 Å². The van der Waals surface area contributed by atoms with Crippen molar-refractivity contribution in [1.82, 2.24) is 10.2 Å². The molecule has 24 heavy (non-hydrogen) atoms. The van der Waals surface area contributed by atoms with Crippen molar-refractivity contribution in [2.45, 2.75) is 0 Å². The van der Waals surface area contributed by atoms with E-state index in [1.807, 2.05) is 6.07 Å². The molecule has 0 unspecified atom stereocenters. The van der Waals surface area contributed by atoms with E-state index in [4.69, 9.17) is 21.1 Å². The molecule has 8 heteroatoms. The van der Waals surface area contributed by atoms with Crippen LogP contribution in [0.15, 0.2) is 57.5 Å². The maximum absolute atomic E-state index is 12.0. The van der Waals surface area contributed by atoms with Crippen molar-refractivity contribution < 1.29 is 9.47 Å². The molecule has 2 N–H and O–H groups in total. The highest BCUT2D eigenvalue weighted by Crippen LogP contribution is 2.37. The molecule has 0 atom stereocenters. The number of rotatable bonds is 3. The second-order valence-electron chi connectivity index (χ2n) is 5.05. The van der Waals surface area contributed by atoms with Gasteiger partial charge < -0.3 is 9.47 Å². The van der Waals surface area contributed by atoms with E-state index in [1.165, 1.54) is 0 Å². The highest BCUT2D eigenvalue weighted by molar-refractivity contribution is 6.30. The summed E-state index contributed by atoms with van der Waals surface area (Å²) in [7, 11) is 0. The van der Waals surface area contributed by atoms with Crippen molar-refractivity contribution >= 4 is 23.0 Å². The van der Waals surface area contributed by atoms with Crippen molar-refractivity contribution in [1.29, 1.82) is 0 Å². The normalized spacial score (nSPS) is 12.9. The van der Waals surface area contributed by atoms with Crippen LogP contribution in [0, 0.1) is 0 Å². The summed E-state index contributed by atoms with van der Waals surface area (Å²) in [6.45, 7) is 0.186. The third kappa shape index (κ3) is 2.65. The summed E-state index contributed by atoms with van der Waals surface area (Å²) in [5, 5.41) is 14.1. The molecular weight excluding hydrogens is 332 g/mol. The molecule has 120 valence electrons. The molecule has 1 aliphatic rings. The molecule has 2 aromatic carbocycles. The van der Waals surface area contributed by atoms with E-state index in [-0.39, 0.29) is 18.0 Å². The largest absolute Gasteiger partial charge is 0.454 e. The van der Waals surface area contributed by atoms with Gasteiger partial charge in [-0.25, -0.2) is 0 Å². The van der Waals surface area contributed by atoms with E-state index in [1.54, 1.807) is 36.4 Å². The highest BCUT2D eigenvalue weighted by atomic mass is 35.5. The minimum atomic E-state index is -0.361. The van der Waals surface area contributed by atoms with Crippen molar-refractivity contribution in [3.63, 3.8) is 0 Å². The Morgan fingerprint density at radius 2 is 1.75 bits per heavy atom. The van der Waals surface area contributed by atoms with E-state index < -0.39 is 0 Å². The number of hydrogen-bond donors (Lipinski definition) is 2. The first-order valence-corrected chi connectivity index (χ1v) is 7.46. The third-order valence-corrected chi connectivity index (χ3v) is 3.76.